The minimum Gasteiger partial charge on any atom is -0.352 e. The predicted molar refractivity (Wildman–Crippen MR) is 60.0 cm³/mol. The highest BCUT2D eigenvalue weighted by Crippen LogP contribution is 2.06. The molecule has 1 amide bonds. The lowest BCUT2D eigenvalue weighted by Crippen LogP contribution is -2.53. The lowest BCUT2D eigenvalue weighted by molar-refractivity contribution is -0.126. The van der Waals surface area contributed by atoms with E-state index in [1.807, 2.05) is 13.8 Å². The summed E-state index contributed by atoms with van der Waals surface area (Å²) in [5.41, 5.74) is 5.10. The maximum atomic E-state index is 11.6. The van der Waals surface area contributed by atoms with Crippen molar-refractivity contribution in [1.82, 2.24) is 5.32 Å². The van der Waals surface area contributed by atoms with Crippen molar-refractivity contribution in [2.75, 3.05) is 0 Å². The van der Waals surface area contributed by atoms with Crippen LogP contribution in [0.2, 0.25) is 0 Å². The van der Waals surface area contributed by atoms with Crippen LogP contribution in [0.5, 0.6) is 0 Å². The molecular weight excluding hydrogens is 176 g/mol. The molecule has 0 rings (SSSR count). The van der Waals surface area contributed by atoms with Gasteiger partial charge in [0.15, 0.2) is 0 Å². The second kappa shape index (κ2) is 6.02. The molecule has 3 nitrogen and oxygen atoms in total. The summed E-state index contributed by atoms with van der Waals surface area (Å²) in [6.07, 6.45) is 4.00. The molecule has 2 atom stereocenters. The average molecular weight is 200 g/mol. The third-order valence-corrected chi connectivity index (χ3v) is 2.62. The van der Waals surface area contributed by atoms with Crippen molar-refractivity contribution in [3.63, 3.8) is 0 Å². The molecule has 0 spiro atoms. The topological polar surface area (TPSA) is 55.1 Å². The van der Waals surface area contributed by atoms with Crippen LogP contribution in [0.15, 0.2) is 0 Å². The maximum Gasteiger partial charge on any atom is 0.239 e. The van der Waals surface area contributed by atoms with Crippen molar-refractivity contribution in [3.8, 4) is 0 Å². The number of carbonyl (C=O) groups is 1. The monoisotopic (exact) mass is 200 g/mol. The van der Waals surface area contributed by atoms with Gasteiger partial charge in [-0.15, -0.1) is 0 Å². The molecule has 84 valence electrons. The quantitative estimate of drug-likeness (QED) is 0.687. The van der Waals surface area contributed by atoms with Gasteiger partial charge in [0.2, 0.25) is 5.91 Å². The molecular formula is C11H24N2O. The Labute approximate surface area is 87.4 Å². The Morgan fingerprint density at radius 3 is 2.50 bits per heavy atom. The standard InChI is InChI=1S/C11H24N2O/c1-5-7-8-9(3)13-10(14)11(4,12)6-2/h9H,5-8,12H2,1-4H3,(H,13,14). The number of carbonyl (C=O) groups excluding carboxylic acids is 1. The maximum absolute atomic E-state index is 11.6. The number of amides is 1. The molecule has 2 unspecified atom stereocenters. The van der Waals surface area contributed by atoms with Crippen LogP contribution in [0.3, 0.4) is 0 Å². The Morgan fingerprint density at radius 1 is 1.50 bits per heavy atom. The van der Waals surface area contributed by atoms with E-state index in [9.17, 15) is 4.79 Å². The largest absolute Gasteiger partial charge is 0.352 e. The van der Waals surface area contributed by atoms with Gasteiger partial charge in [-0.2, -0.15) is 0 Å². The second-order valence-corrected chi connectivity index (χ2v) is 4.29. The van der Waals surface area contributed by atoms with Crippen molar-refractivity contribution >= 4 is 5.91 Å². The van der Waals surface area contributed by atoms with Crippen molar-refractivity contribution in [1.29, 1.82) is 0 Å². The molecule has 0 radical (unpaired) electrons. The molecule has 0 aliphatic heterocycles. The van der Waals surface area contributed by atoms with Gasteiger partial charge in [0.1, 0.15) is 0 Å². The van der Waals surface area contributed by atoms with Gasteiger partial charge in [-0.3, -0.25) is 4.79 Å². The van der Waals surface area contributed by atoms with Crippen molar-refractivity contribution in [2.45, 2.75) is 65.0 Å². The van der Waals surface area contributed by atoms with E-state index < -0.39 is 5.54 Å². The number of nitrogens with two attached hydrogens (primary N) is 1. The van der Waals surface area contributed by atoms with Gasteiger partial charge in [0.05, 0.1) is 5.54 Å². The van der Waals surface area contributed by atoms with Crippen LogP contribution >= 0.6 is 0 Å². The number of hydrogen-bond donors (Lipinski definition) is 2. The molecule has 3 heteroatoms. The Bertz CT molecular complexity index is 178. The van der Waals surface area contributed by atoms with Gasteiger partial charge >= 0.3 is 0 Å². The van der Waals surface area contributed by atoms with Gasteiger partial charge in [0.25, 0.3) is 0 Å². The predicted octanol–water partition coefficient (Wildman–Crippen LogP) is 1.81. The molecule has 0 aromatic carbocycles. The Hall–Kier alpha value is -0.570. The van der Waals surface area contributed by atoms with Gasteiger partial charge in [-0.1, -0.05) is 26.7 Å². The van der Waals surface area contributed by atoms with Crippen LogP contribution in [0.4, 0.5) is 0 Å². The summed E-state index contributed by atoms with van der Waals surface area (Å²) >= 11 is 0. The lowest BCUT2D eigenvalue weighted by atomic mass is 9.98. The minimum absolute atomic E-state index is 0.0383. The van der Waals surface area contributed by atoms with E-state index in [4.69, 9.17) is 5.73 Å². The van der Waals surface area contributed by atoms with E-state index in [1.54, 1.807) is 6.92 Å². The molecule has 3 N–H and O–H groups in total. The smallest absolute Gasteiger partial charge is 0.239 e. The first kappa shape index (κ1) is 13.4. The number of nitrogens with one attached hydrogen (secondary N) is 1. The highest BCUT2D eigenvalue weighted by atomic mass is 16.2. The third-order valence-electron chi connectivity index (χ3n) is 2.62. The Morgan fingerprint density at radius 2 is 2.07 bits per heavy atom. The first-order valence-electron chi connectivity index (χ1n) is 5.53. The summed E-state index contributed by atoms with van der Waals surface area (Å²) in [6.45, 7) is 7.87. The summed E-state index contributed by atoms with van der Waals surface area (Å²) in [5.74, 6) is -0.0383. The number of rotatable bonds is 6. The van der Waals surface area contributed by atoms with E-state index in [1.165, 1.54) is 0 Å². The lowest BCUT2D eigenvalue weighted by Gasteiger charge is -2.24. The zero-order chi connectivity index (χ0) is 11.2. The summed E-state index contributed by atoms with van der Waals surface area (Å²) in [7, 11) is 0. The van der Waals surface area contributed by atoms with Gasteiger partial charge < -0.3 is 11.1 Å². The van der Waals surface area contributed by atoms with Gasteiger partial charge in [0, 0.05) is 6.04 Å². The van der Waals surface area contributed by atoms with E-state index in [2.05, 4.69) is 12.2 Å². The minimum atomic E-state index is -0.722. The highest BCUT2D eigenvalue weighted by Gasteiger charge is 2.26. The molecule has 0 saturated carbocycles. The summed E-state index contributed by atoms with van der Waals surface area (Å²) in [4.78, 5) is 11.6. The zero-order valence-corrected chi connectivity index (χ0v) is 9.89. The van der Waals surface area contributed by atoms with Gasteiger partial charge in [-0.25, -0.2) is 0 Å². The summed E-state index contributed by atoms with van der Waals surface area (Å²) in [5, 5.41) is 2.94. The molecule has 14 heavy (non-hydrogen) atoms. The number of unbranched alkanes of at least 4 members (excludes halogenated alkanes) is 1. The van der Waals surface area contributed by atoms with Crippen LogP contribution in [0, 0.1) is 0 Å². The Kier molecular flexibility index (Phi) is 5.77. The SMILES string of the molecule is CCCCC(C)NC(=O)C(C)(N)CC. The first-order chi connectivity index (χ1) is 6.44. The first-order valence-corrected chi connectivity index (χ1v) is 5.53. The third kappa shape index (κ3) is 4.61. The molecule has 0 aliphatic carbocycles. The molecule has 0 saturated heterocycles. The van der Waals surface area contributed by atoms with Crippen LogP contribution in [0.1, 0.15) is 53.4 Å². The molecule has 0 aliphatic rings. The highest BCUT2D eigenvalue weighted by molar-refractivity contribution is 5.85. The number of hydrogen-bond acceptors (Lipinski definition) is 2. The molecule has 0 heterocycles. The fourth-order valence-electron chi connectivity index (χ4n) is 1.13. The van der Waals surface area contributed by atoms with E-state index >= 15 is 0 Å². The van der Waals surface area contributed by atoms with Crippen LogP contribution < -0.4 is 11.1 Å². The fraction of sp³-hybridized carbons (Fsp3) is 0.909. The molecule has 0 aromatic heterocycles. The molecule has 0 bridgehead atoms. The second-order valence-electron chi connectivity index (χ2n) is 4.29. The van der Waals surface area contributed by atoms with Crippen molar-refractivity contribution in [2.24, 2.45) is 5.73 Å². The fourth-order valence-corrected chi connectivity index (χ4v) is 1.13. The summed E-state index contributed by atoms with van der Waals surface area (Å²) in [6, 6.07) is 0.233. The van der Waals surface area contributed by atoms with Crippen molar-refractivity contribution in [3.05, 3.63) is 0 Å². The van der Waals surface area contributed by atoms with Crippen molar-refractivity contribution < 1.29 is 4.79 Å². The average Bonchev–Trinajstić information content (AvgIpc) is 2.14. The van der Waals surface area contributed by atoms with Gasteiger partial charge in [-0.05, 0) is 26.7 Å². The molecule has 0 fully saturated rings. The van der Waals surface area contributed by atoms with Crippen LogP contribution in [-0.2, 0) is 4.79 Å². The van der Waals surface area contributed by atoms with E-state index in [0.717, 1.165) is 19.3 Å². The Balaban J connectivity index is 3.93. The normalized spacial score (nSPS) is 17.2. The van der Waals surface area contributed by atoms with Crippen LogP contribution in [-0.4, -0.2) is 17.5 Å². The van der Waals surface area contributed by atoms with Crippen LogP contribution in [0.25, 0.3) is 0 Å². The van der Waals surface area contributed by atoms with E-state index in [-0.39, 0.29) is 11.9 Å². The zero-order valence-electron chi connectivity index (χ0n) is 9.89. The summed E-state index contributed by atoms with van der Waals surface area (Å²) < 4.78 is 0. The molecule has 0 aromatic rings. The van der Waals surface area contributed by atoms with E-state index in [0.29, 0.717) is 6.42 Å².